The molecule has 4 aromatic rings. The quantitative estimate of drug-likeness (QED) is 0.388. The maximum Gasteiger partial charge on any atom is 0.256 e. The minimum Gasteiger partial charge on any atom is -0.391 e. The van der Waals surface area contributed by atoms with E-state index in [0.717, 1.165) is 51.9 Å². The second-order valence-electron chi connectivity index (χ2n) is 10.9. The van der Waals surface area contributed by atoms with E-state index in [9.17, 15) is 14.7 Å². The Labute approximate surface area is 246 Å². The van der Waals surface area contributed by atoms with Crippen LogP contribution in [0.2, 0.25) is 0 Å². The van der Waals surface area contributed by atoms with Gasteiger partial charge in [0.05, 0.1) is 22.9 Å². The minimum absolute atomic E-state index is 0. The Bertz CT molecular complexity index is 1550. The highest BCUT2D eigenvalue weighted by Crippen LogP contribution is 2.35. The number of fused-ring (bicyclic) bond motifs is 1. The molecule has 41 heavy (non-hydrogen) atoms. The van der Waals surface area contributed by atoms with Crippen molar-refractivity contribution >= 4 is 40.9 Å². The Kier molecular flexibility index (Phi) is 8.33. The van der Waals surface area contributed by atoms with Crippen molar-refractivity contribution in [2.75, 3.05) is 44.2 Å². The van der Waals surface area contributed by atoms with Gasteiger partial charge in [0.25, 0.3) is 11.8 Å². The van der Waals surface area contributed by atoms with Gasteiger partial charge in [-0.3, -0.25) is 9.59 Å². The molecule has 0 radical (unpaired) electrons. The van der Waals surface area contributed by atoms with E-state index >= 15 is 0 Å². The molecule has 9 heteroatoms. The Morgan fingerprint density at radius 1 is 0.902 bits per heavy atom. The summed E-state index contributed by atoms with van der Waals surface area (Å²) in [6.45, 7) is 5.59. The number of pyridine rings is 1. The average molecular weight is 574 g/mol. The first-order chi connectivity index (χ1) is 19.4. The molecule has 2 fully saturated rings. The Balaban J connectivity index is 0.00000337. The zero-order valence-electron chi connectivity index (χ0n) is 23.5. The first kappa shape index (κ1) is 28.6. The summed E-state index contributed by atoms with van der Waals surface area (Å²) in [6.07, 6.45) is 2.72. The summed E-state index contributed by atoms with van der Waals surface area (Å²) in [5.74, 6) is 0.758. The number of carbonyl (C=O) groups is 2. The van der Waals surface area contributed by atoms with Crippen LogP contribution in [0.1, 0.15) is 39.1 Å². The molecule has 0 saturated carbocycles. The predicted molar refractivity (Wildman–Crippen MR) is 164 cm³/mol. The number of piperazine rings is 1. The van der Waals surface area contributed by atoms with Crippen LogP contribution < -0.4 is 4.90 Å². The third-order valence-electron chi connectivity index (χ3n) is 8.19. The monoisotopic (exact) mass is 573 g/mol. The topological polar surface area (TPSA) is 81.9 Å². The van der Waals surface area contributed by atoms with Gasteiger partial charge in [-0.2, -0.15) is 0 Å². The first-order valence-electron chi connectivity index (χ1n) is 14.0. The minimum atomic E-state index is -0.453. The number of aliphatic hydroxyl groups excluding tert-OH is 1. The number of nitrogens with zero attached hydrogens (tertiary/aromatic N) is 5. The molecule has 0 spiro atoms. The number of β-amino-alcohol motifs (C(OH)–C–C–N with tert-alkyl or cyclic N) is 1. The number of carbonyl (C=O) groups excluding carboxylic acids is 2. The number of aromatic nitrogens is 2. The van der Waals surface area contributed by atoms with Gasteiger partial charge >= 0.3 is 0 Å². The van der Waals surface area contributed by atoms with Crippen molar-refractivity contribution in [1.29, 1.82) is 0 Å². The van der Waals surface area contributed by atoms with Crippen LogP contribution in [0.5, 0.6) is 0 Å². The molecule has 2 aromatic heterocycles. The van der Waals surface area contributed by atoms with E-state index in [1.54, 1.807) is 11.1 Å². The lowest BCUT2D eigenvalue weighted by Gasteiger charge is -2.35. The molecular formula is C32H36ClN5O3. The second-order valence-corrected chi connectivity index (χ2v) is 10.9. The number of hydrogen-bond acceptors (Lipinski definition) is 5. The molecule has 2 amide bonds. The van der Waals surface area contributed by atoms with E-state index in [4.69, 9.17) is 0 Å². The summed E-state index contributed by atoms with van der Waals surface area (Å²) in [7, 11) is 2.03. The largest absolute Gasteiger partial charge is 0.391 e. The van der Waals surface area contributed by atoms with Gasteiger partial charge < -0.3 is 24.4 Å². The summed E-state index contributed by atoms with van der Waals surface area (Å²) in [5.41, 5.74) is 5.43. The smallest absolute Gasteiger partial charge is 0.256 e. The lowest BCUT2D eigenvalue weighted by atomic mass is 10.0. The number of halogens is 1. The molecule has 2 saturated heterocycles. The van der Waals surface area contributed by atoms with Crippen LogP contribution in [0, 0.1) is 6.92 Å². The van der Waals surface area contributed by atoms with E-state index in [-0.39, 0.29) is 24.2 Å². The predicted octanol–water partition coefficient (Wildman–Crippen LogP) is 4.53. The summed E-state index contributed by atoms with van der Waals surface area (Å²) >= 11 is 0. The van der Waals surface area contributed by atoms with Gasteiger partial charge in [0.1, 0.15) is 5.82 Å². The van der Waals surface area contributed by atoms with Gasteiger partial charge in [-0.15, -0.1) is 12.4 Å². The lowest BCUT2D eigenvalue weighted by molar-refractivity contribution is 0.0473. The van der Waals surface area contributed by atoms with Crippen LogP contribution in [-0.4, -0.2) is 81.6 Å². The summed E-state index contributed by atoms with van der Waals surface area (Å²) < 4.78 is 2.13. The molecule has 2 aliphatic heterocycles. The number of amides is 2. The highest BCUT2D eigenvalue weighted by Gasteiger charge is 2.29. The van der Waals surface area contributed by atoms with Gasteiger partial charge in [-0.1, -0.05) is 42.0 Å². The molecule has 6 rings (SSSR count). The molecule has 0 aliphatic carbocycles. The molecule has 214 valence electrons. The summed E-state index contributed by atoms with van der Waals surface area (Å²) in [6, 6.07) is 20.1. The van der Waals surface area contributed by atoms with Crippen molar-refractivity contribution in [2.45, 2.75) is 25.9 Å². The Morgan fingerprint density at radius 2 is 1.66 bits per heavy atom. The molecule has 2 aliphatic rings. The van der Waals surface area contributed by atoms with E-state index < -0.39 is 6.10 Å². The Morgan fingerprint density at radius 3 is 2.34 bits per heavy atom. The van der Waals surface area contributed by atoms with Gasteiger partial charge in [0.2, 0.25) is 0 Å². The lowest BCUT2D eigenvalue weighted by Crippen LogP contribution is -2.49. The first-order valence-corrected chi connectivity index (χ1v) is 14.0. The second kappa shape index (κ2) is 11.9. The van der Waals surface area contributed by atoms with Crippen LogP contribution in [0.25, 0.3) is 22.2 Å². The van der Waals surface area contributed by atoms with Crippen molar-refractivity contribution in [2.24, 2.45) is 7.05 Å². The molecule has 1 N–H and O–H groups in total. The fraction of sp³-hybridized carbons (Fsp3) is 0.344. The van der Waals surface area contributed by atoms with E-state index in [1.165, 1.54) is 0 Å². The van der Waals surface area contributed by atoms with Crippen molar-refractivity contribution < 1.29 is 14.7 Å². The molecule has 2 aromatic carbocycles. The third kappa shape index (κ3) is 5.54. The number of piperidine rings is 1. The molecule has 4 heterocycles. The molecular weight excluding hydrogens is 538 g/mol. The Hall–Kier alpha value is -3.88. The van der Waals surface area contributed by atoms with Crippen LogP contribution in [0.3, 0.4) is 0 Å². The van der Waals surface area contributed by atoms with Crippen LogP contribution in [0.15, 0.2) is 66.9 Å². The van der Waals surface area contributed by atoms with Gasteiger partial charge in [-0.05, 0) is 49.6 Å². The van der Waals surface area contributed by atoms with Crippen molar-refractivity contribution in [1.82, 2.24) is 19.4 Å². The van der Waals surface area contributed by atoms with Crippen molar-refractivity contribution in [3.05, 3.63) is 83.6 Å². The number of rotatable bonds is 4. The molecule has 0 bridgehead atoms. The fourth-order valence-corrected chi connectivity index (χ4v) is 6.03. The number of aryl methyl sites for hydroxylation is 2. The SMILES string of the molecule is Cc1ccc2c(c1)c(C(=O)N1CCN(c3ccc(C(=O)N4CCCC(O)C4)cn3)CC1)c(-c1ccccc1)n2C.Cl. The van der Waals surface area contributed by atoms with Gasteiger partial charge in [-0.25, -0.2) is 4.98 Å². The normalized spacial score (nSPS) is 17.4. The number of aliphatic hydroxyl groups is 1. The van der Waals surface area contributed by atoms with Crippen LogP contribution in [0.4, 0.5) is 5.82 Å². The average Bonchev–Trinajstić information content (AvgIpc) is 3.28. The van der Waals surface area contributed by atoms with E-state index in [1.807, 2.05) is 42.3 Å². The summed E-state index contributed by atoms with van der Waals surface area (Å²) in [4.78, 5) is 37.3. The van der Waals surface area contributed by atoms with Crippen LogP contribution in [-0.2, 0) is 7.05 Å². The van der Waals surface area contributed by atoms with Crippen molar-refractivity contribution in [3.8, 4) is 11.3 Å². The fourth-order valence-electron chi connectivity index (χ4n) is 6.03. The standard InChI is InChI=1S/C32H35N5O3.ClH/c1-22-10-12-27-26(19-22)29(30(34(27)2)23-7-4-3-5-8-23)32(40)36-17-15-35(16-18-36)28-13-11-24(20-33-28)31(39)37-14-6-9-25(38)21-37;/h3-5,7-8,10-13,19-20,25,38H,6,9,14-18,21H2,1-2H3;1H. The number of benzene rings is 2. The number of anilines is 1. The van der Waals surface area contributed by atoms with Crippen LogP contribution >= 0.6 is 12.4 Å². The van der Waals surface area contributed by atoms with E-state index in [2.05, 4.69) is 51.7 Å². The highest BCUT2D eigenvalue weighted by molar-refractivity contribution is 6.13. The summed E-state index contributed by atoms with van der Waals surface area (Å²) in [5, 5.41) is 10.9. The van der Waals surface area contributed by atoms with Gasteiger partial charge in [0, 0.05) is 63.4 Å². The number of hydrogen-bond donors (Lipinski definition) is 1. The zero-order valence-corrected chi connectivity index (χ0v) is 24.3. The maximum absolute atomic E-state index is 14.1. The van der Waals surface area contributed by atoms with Crippen molar-refractivity contribution in [3.63, 3.8) is 0 Å². The van der Waals surface area contributed by atoms with Gasteiger partial charge in [0.15, 0.2) is 0 Å². The highest BCUT2D eigenvalue weighted by atomic mass is 35.5. The maximum atomic E-state index is 14.1. The number of likely N-dealkylation sites (tertiary alicyclic amines) is 1. The zero-order chi connectivity index (χ0) is 27.8. The molecule has 8 nitrogen and oxygen atoms in total. The van der Waals surface area contributed by atoms with E-state index in [0.29, 0.717) is 44.8 Å². The molecule has 1 unspecified atom stereocenters. The third-order valence-corrected chi connectivity index (χ3v) is 8.19. The molecule has 1 atom stereocenters.